The highest BCUT2D eigenvalue weighted by Gasteiger charge is 1.94. The predicted molar refractivity (Wildman–Crippen MR) is 70.1 cm³/mol. The van der Waals surface area contributed by atoms with Crippen LogP contribution < -0.4 is 0 Å². The molecule has 5 heteroatoms. The van der Waals surface area contributed by atoms with Crippen LogP contribution in [-0.4, -0.2) is 16.6 Å². The molecule has 0 saturated carbocycles. The first-order chi connectivity index (χ1) is 8.63. The third kappa shape index (κ3) is 4.61. The van der Waals surface area contributed by atoms with Crippen molar-refractivity contribution >= 4 is 11.6 Å². The van der Waals surface area contributed by atoms with Gasteiger partial charge in [-0.25, -0.2) is 0 Å². The molecular formula is C13H13N3O2. The zero-order valence-electron chi connectivity index (χ0n) is 10.2. The minimum absolute atomic E-state index is 0.746. The highest BCUT2D eigenvalue weighted by atomic mass is 16.3. The van der Waals surface area contributed by atoms with Crippen molar-refractivity contribution in [1.29, 1.82) is 0 Å². The van der Waals surface area contributed by atoms with Gasteiger partial charge in [-0.3, -0.25) is 14.8 Å². The van der Waals surface area contributed by atoms with Crippen LogP contribution in [0.3, 0.4) is 0 Å². The van der Waals surface area contributed by atoms with Crippen LogP contribution in [-0.2, 0) is 4.79 Å². The van der Waals surface area contributed by atoms with E-state index in [0.29, 0.717) is 0 Å². The first-order valence-corrected chi connectivity index (χ1v) is 5.30. The van der Waals surface area contributed by atoms with Crippen molar-refractivity contribution in [3.05, 3.63) is 58.9 Å². The molecular weight excluding hydrogens is 230 g/mol. The Balaban J connectivity index is 2.76. The molecule has 0 aliphatic carbocycles. The van der Waals surface area contributed by atoms with Crippen LogP contribution in [0, 0.1) is 4.91 Å². The van der Waals surface area contributed by atoms with E-state index in [0.717, 1.165) is 22.9 Å². The third-order valence-corrected chi connectivity index (χ3v) is 2.12. The number of aliphatic imine (C=N–C) groups is 1. The fourth-order valence-corrected chi connectivity index (χ4v) is 1.13. The number of rotatable bonds is 4. The normalized spacial score (nSPS) is 12.8. The molecule has 1 rings (SSSR count). The van der Waals surface area contributed by atoms with E-state index in [1.54, 1.807) is 25.5 Å². The fourth-order valence-electron chi connectivity index (χ4n) is 1.13. The molecule has 5 nitrogen and oxygen atoms in total. The average molecular weight is 243 g/mol. The number of hydrogen-bond donors (Lipinski definition) is 0. The molecule has 1 aromatic heterocycles. The summed E-state index contributed by atoms with van der Waals surface area (Å²) in [5.41, 5.74) is 2.49. The number of aromatic nitrogens is 1. The zero-order valence-corrected chi connectivity index (χ0v) is 10.2. The molecule has 0 radical (unpaired) electrons. The molecule has 0 bridgehead atoms. The summed E-state index contributed by atoms with van der Waals surface area (Å²) in [4.78, 5) is 28.7. The van der Waals surface area contributed by atoms with E-state index in [-0.39, 0.29) is 0 Å². The van der Waals surface area contributed by atoms with Gasteiger partial charge in [0, 0.05) is 41.1 Å². The molecule has 0 aliphatic heterocycles. The van der Waals surface area contributed by atoms with E-state index >= 15 is 0 Å². The number of amides is 1. The first-order valence-electron chi connectivity index (χ1n) is 5.30. The van der Waals surface area contributed by atoms with Crippen molar-refractivity contribution in [1.82, 2.24) is 4.98 Å². The lowest BCUT2D eigenvalue weighted by atomic mass is 10.2. The molecule has 1 amide bonds. The van der Waals surface area contributed by atoms with Gasteiger partial charge in [0.15, 0.2) is 0 Å². The van der Waals surface area contributed by atoms with Gasteiger partial charge in [-0.15, -0.1) is 4.91 Å². The first kappa shape index (κ1) is 13.6. The molecule has 0 saturated heterocycles. The smallest absolute Gasteiger partial charge is 0.264 e. The summed E-state index contributed by atoms with van der Waals surface area (Å²) >= 11 is 0. The Morgan fingerprint density at radius 3 is 2.72 bits per heavy atom. The van der Waals surface area contributed by atoms with Crippen LogP contribution in [0.5, 0.6) is 0 Å². The Kier molecular flexibility index (Phi) is 5.31. The zero-order chi connectivity index (χ0) is 13.4. The second kappa shape index (κ2) is 7.01. The van der Waals surface area contributed by atoms with Crippen molar-refractivity contribution in [2.45, 2.75) is 13.8 Å². The van der Waals surface area contributed by atoms with E-state index in [1.807, 2.05) is 19.1 Å². The van der Waals surface area contributed by atoms with E-state index < -0.39 is 5.91 Å². The Hall–Kier alpha value is -2.43. The molecule has 18 heavy (non-hydrogen) atoms. The largest absolute Gasteiger partial charge is 0.309 e. The van der Waals surface area contributed by atoms with Crippen LogP contribution in [0.25, 0.3) is 0 Å². The van der Waals surface area contributed by atoms with Crippen LogP contribution in [0.4, 0.5) is 0 Å². The molecule has 1 aromatic rings. The fraction of sp³-hybridized carbons (Fsp3) is 0.154. The minimum atomic E-state index is -0.810. The summed E-state index contributed by atoms with van der Waals surface area (Å²) in [6.45, 7) is 3.64. The predicted octanol–water partition coefficient (Wildman–Crippen LogP) is 2.64. The van der Waals surface area contributed by atoms with E-state index in [2.05, 4.69) is 15.2 Å². The topological polar surface area (TPSA) is 71.8 Å². The number of carbonyl (C=O) groups excluding carboxylic acids is 1. The number of hydrogen-bond acceptors (Lipinski definition) is 4. The van der Waals surface area contributed by atoms with Crippen molar-refractivity contribution in [3.63, 3.8) is 0 Å². The van der Waals surface area contributed by atoms with Crippen molar-refractivity contribution in [2.24, 2.45) is 10.2 Å². The lowest BCUT2D eigenvalue weighted by Crippen LogP contribution is -1.93. The maximum Gasteiger partial charge on any atom is 0.309 e. The van der Waals surface area contributed by atoms with Gasteiger partial charge < -0.3 is 0 Å². The molecule has 92 valence electrons. The average Bonchev–Trinajstić information content (AvgIpc) is 2.42. The molecule has 0 unspecified atom stereocenters. The number of nitrogens with zero attached hydrogens (tertiary/aromatic N) is 3. The Morgan fingerprint density at radius 1 is 1.33 bits per heavy atom. The summed E-state index contributed by atoms with van der Waals surface area (Å²) in [5.74, 6) is -0.810. The quantitative estimate of drug-likeness (QED) is 0.353. The summed E-state index contributed by atoms with van der Waals surface area (Å²) < 4.78 is 0. The third-order valence-electron chi connectivity index (χ3n) is 2.12. The Labute approximate surface area is 105 Å². The van der Waals surface area contributed by atoms with E-state index in [9.17, 15) is 9.70 Å². The standard InChI is InChI=1S/C13H13N3O2/c1-10(5-6-13(17)16-18)8-15-11(2)12-4-3-7-14-9-12/h3-9H,1-2H3/b6-5+,10-8+,15-11?. The molecule has 0 spiro atoms. The SMILES string of the molecule is CC(=N/C=C(C)/C=C/C(=O)N=O)c1cccnc1. The number of nitroso groups, excluding NO2 is 1. The van der Waals surface area contributed by atoms with Gasteiger partial charge in [0.1, 0.15) is 0 Å². The van der Waals surface area contributed by atoms with Gasteiger partial charge in [-0.2, -0.15) is 0 Å². The van der Waals surface area contributed by atoms with Crippen LogP contribution in [0.15, 0.2) is 58.6 Å². The molecule has 0 aromatic carbocycles. The van der Waals surface area contributed by atoms with Crippen molar-refractivity contribution < 1.29 is 4.79 Å². The second-order valence-corrected chi connectivity index (χ2v) is 3.59. The maximum atomic E-state index is 10.6. The second-order valence-electron chi connectivity index (χ2n) is 3.59. The summed E-state index contributed by atoms with van der Waals surface area (Å²) in [7, 11) is 0. The summed E-state index contributed by atoms with van der Waals surface area (Å²) in [5, 5.41) is 2.26. The van der Waals surface area contributed by atoms with Gasteiger partial charge in [0.2, 0.25) is 0 Å². The lowest BCUT2D eigenvalue weighted by molar-refractivity contribution is -0.113. The lowest BCUT2D eigenvalue weighted by Gasteiger charge is -1.97. The summed E-state index contributed by atoms with van der Waals surface area (Å²) in [6.07, 6.45) is 7.62. The Bertz CT molecular complexity index is 516. The molecule has 1 heterocycles. The number of pyridine rings is 1. The van der Waals surface area contributed by atoms with E-state index in [1.165, 1.54) is 6.08 Å². The maximum absolute atomic E-state index is 10.6. The molecule has 0 fully saturated rings. The number of carbonyl (C=O) groups is 1. The van der Waals surface area contributed by atoms with Gasteiger partial charge in [-0.05, 0) is 25.5 Å². The van der Waals surface area contributed by atoms with Crippen LogP contribution in [0.2, 0.25) is 0 Å². The molecule has 0 N–H and O–H groups in total. The minimum Gasteiger partial charge on any atom is -0.264 e. The van der Waals surface area contributed by atoms with Crippen LogP contribution >= 0.6 is 0 Å². The monoisotopic (exact) mass is 243 g/mol. The van der Waals surface area contributed by atoms with Gasteiger partial charge in [0.25, 0.3) is 0 Å². The number of allylic oxidation sites excluding steroid dienone is 2. The van der Waals surface area contributed by atoms with Gasteiger partial charge in [-0.1, -0.05) is 12.1 Å². The van der Waals surface area contributed by atoms with Gasteiger partial charge >= 0.3 is 5.91 Å². The highest BCUT2D eigenvalue weighted by molar-refractivity contribution is 5.98. The summed E-state index contributed by atoms with van der Waals surface area (Å²) in [6, 6.07) is 3.74. The Morgan fingerprint density at radius 2 is 2.11 bits per heavy atom. The van der Waals surface area contributed by atoms with Crippen molar-refractivity contribution in [2.75, 3.05) is 0 Å². The molecule has 0 atom stereocenters. The highest BCUT2D eigenvalue weighted by Crippen LogP contribution is 2.01. The van der Waals surface area contributed by atoms with Gasteiger partial charge in [0.05, 0.1) is 0 Å². The van der Waals surface area contributed by atoms with Crippen LogP contribution in [0.1, 0.15) is 19.4 Å². The molecule has 0 aliphatic rings. The van der Waals surface area contributed by atoms with E-state index in [4.69, 9.17) is 0 Å². The van der Waals surface area contributed by atoms with Crippen molar-refractivity contribution in [3.8, 4) is 0 Å².